The molecule has 37 heavy (non-hydrogen) atoms. The van der Waals surface area contributed by atoms with Crippen LogP contribution in [0, 0.1) is 5.82 Å². The first-order valence-electron chi connectivity index (χ1n) is 12.3. The standard InChI is InChI=1S/C27H32FN3O5S/c1-30-18-26(29-19-30)27(32)31(23-10-13-35-14-11-23)17-21-8-9-25(28)24(16-21)22-7-3-5-20(15-22)6-4-12-36-37(2,33)34/h3,5,7-9,15-16,18-19,23H,4,6,10-14,17H2,1-2H3. The van der Waals surface area contributed by atoms with Crippen LogP contribution in [-0.4, -0.2) is 60.9 Å². The maximum atomic E-state index is 14.9. The van der Waals surface area contributed by atoms with Crippen molar-refractivity contribution in [2.75, 3.05) is 26.1 Å². The number of hydrogen-bond donors (Lipinski definition) is 0. The lowest BCUT2D eigenvalue weighted by atomic mass is 9.98. The predicted molar refractivity (Wildman–Crippen MR) is 138 cm³/mol. The van der Waals surface area contributed by atoms with Crippen LogP contribution in [0.3, 0.4) is 0 Å². The molecule has 1 aromatic heterocycles. The molecule has 0 saturated carbocycles. The van der Waals surface area contributed by atoms with Gasteiger partial charge in [0.2, 0.25) is 0 Å². The van der Waals surface area contributed by atoms with Crippen LogP contribution >= 0.6 is 0 Å². The first-order chi connectivity index (χ1) is 17.7. The molecule has 2 heterocycles. The summed E-state index contributed by atoms with van der Waals surface area (Å²) >= 11 is 0. The highest BCUT2D eigenvalue weighted by Crippen LogP contribution is 2.27. The number of amides is 1. The van der Waals surface area contributed by atoms with E-state index >= 15 is 0 Å². The summed E-state index contributed by atoms with van der Waals surface area (Å²) in [7, 11) is -1.65. The molecule has 0 atom stereocenters. The maximum absolute atomic E-state index is 14.9. The lowest BCUT2D eigenvalue weighted by Gasteiger charge is -2.34. The summed E-state index contributed by atoms with van der Waals surface area (Å²) in [6, 6.07) is 12.5. The van der Waals surface area contributed by atoms with E-state index in [0.717, 1.165) is 35.8 Å². The summed E-state index contributed by atoms with van der Waals surface area (Å²) in [6.07, 6.45) is 6.92. The minimum Gasteiger partial charge on any atom is -0.381 e. The van der Waals surface area contributed by atoms with E-state index in [0.29, 0.717) is 43.9 Å². The second-order valence-electron chi connectivity index (χ2n) is 9.35. The third-order valence-electron chi connectivity index (χ3n) is 6.35. The van der Waals surface area contributed by atoms with Gasteiger partial charge >= 0.3 is 0 Å². The van der Waals surface area contributed by atoms with Gasteiger partial charge in [0.05, 0.1) is 19.2 Å². The summed E-state index contributed by atoms with van der Waals surface area (Å²) in [5, 5.41) is 0. The van der Waals surface area contributed by atoms with Gasteiger partial charge in [-0.3, -0.25) is 8.98 Å². The Morgan fingerprint density at radius 1 is 1.19 bits per heavy atom. The first kappa shape index (κ1) is 27.0. The molecule has 4 rings (SSSR count). The topological polar surface area (TPSA) is 90.7 Å². The molecule has 1 fully saturated rings. The Bertz CT molecular complexity index is 1340. The predicted octanol–water partition coefficient (Wildman–Crippen LogP) is 3.96. The molecule has 0 radical (unpaired) electrons. The summed E-state index contributed by atoms with van der Waals surface area (Å²) in [5.41, 5.74) is 3.31. The van der Waals surface area contributed by atoms with Gasteiger partial charge in [-0.15, -0.1) is 0 Å². The molecule has 2 aromatic carbocycles. The number of nitrogens with zero attached hydrogens (tertiary/aromatic N) is 3. The summed E-state index contributed by atoms with van der Waals surface area (Å²) < 4.78 is 49.3. The van der Waals surface area contributed by atoms with Crippen LogP contribution in [0.15, 0.2) is 55.0 Å². The van der Waals surface area contributed by atoms with Crippen molar-refractivity contribution in [1.82, 2.24) is 14.5 Å². The Morgan fingerprint density at radius 3 is 2.68 bits per heavy atom. The van der Waals surface area contributed by atoms with Crippen molar-refractivity contribution in [2.24, 2.45) is 7.05 Å². The number of ether oxygens (including phenoxy) is 1. The Kier molecular flexibility index (Phi) is 8.73. The zero-order valence-electron chi connectivity index (χ0n) is 21.1. The zero-order valence-corrected chi connectivity index (χ0v) is 21.9. The molecular weight excluding hydrogens is 497 g/mol. The van der Waals surface area contributed by atoms with Crippen molar-refractivity contribution < 1.29 is 26.5 Å². The van der Waals surface area contributed by atoms with Gasteiger partial charge in [-0.2, -0.15) is 8.42 Å². The number of imidazole rings is 1. The minimum atomic E-state index is -3.47. The summed E-state index contributed by atoms with van der Waals surface area (Å²) in [6.45, 7) is 1.61. The van der Waals surface area contributed by atoms with Gasteiger partial charge in [0.1, 0.15) is 11.5 Å². The maximum Gasteiger partial charge on any atom is 0.274 e. The average Bonchev–Trinajstić information content (AvgIpc) is 3.32. The highest BCUT2D eigenvalue weighted by atomic mass is 32.2. The van der Waals surface area contributed by atoms with Gasteiger partial charge < -0.3 is 14.2 Å². The number of benzene rings is 2. The molecule has 198 valence electrons. The van der Waals surface area contributed by atoms with E-state index < -0.39 is 10.1 Å². The van der Waals surface area contributed by atoms with Crippen molar-refractivity contribution in [3.05, 3.63) is 77.6 Å². The first-order valence-corrected chi connectivity index (χ1v) is 14.1. The SMILES string of the molecule is Cn1cnc(C(=O)N(Cc2ccc(F)c(-c3cccc(CCCOS(C)(=O)=O)c3)c2)C2CCOCC2)c1. The highest BCUT2D eigenvalue weighted by Gasteiger charge is 2.28. The molecule has 0 bridgehead atoms. The van der Waals surface area contributed by atoms with E-state index in [9.17, 15) is 17.6 Å². The monoisotopic (exact) mass is 529 g/mol. The van der Waals surface area contributed by atoms with Gasteiger partial charge in [0, 0.05) is 44.6 Å². The van der Waals surface area contributed by atoms with Crippen molar-refractivity contribution in [3.8, 4) is 11.1 Å². The normalized spacial score (nSPS) is 14.6. The highest BCUT2D eigenvalue weighted by molar-refractivity contribution is 7.85. The third-order valence-corrected chi connectivity index (χ3v) is 6.94. The van der Waals surface area contributed by atoms with Crippen LogP contribution in [0.5, 0.6) is 0 Å². The molecule has 0 unspecified atom stereocenters. The Balaban J connectivity index is 1.54. The van der Waals surface area contributed by atoms with Crippen LogP contribution < -0.4 is 0 Å². The van der Waals surface area contributed by atoms with Crippen molar-refractivity contribution >= 4 is 16.0 Å². The van der Waals surface area contributed by atoms with Gasteiger partial charge in [-0.05, 0) is 54.5 Å². The Morgan fingerprint density at radius 2 is 1.97 bits per heavy atom. The molecule has 1 saturated heterocycles. The number of carbonyl (C=O) groups excluding carboxylic acids is 1. The number of aromatic nitrogens is 2. The average molecular weight is 530 g/mol. The number of aryl methyl sites for hydroxylation is 2. The van der Waals surface area contributed by atoms with E-state index in [2.05, 4.69) is 4.98 Å². The Labute approximate surface area is 217 Å². The summed E-state index contributed by atoms with van der Waals surface area (Å²) in [5.74, 6) is -0.508. The molecular formula is C27H32FN3O5S. The molecule has 3 aromatic rings. The number of rotatable bonds is 10. The fourth-order valence-corrected chi connectivity index (χ4v) is 4.92. The number of hydrogen-bond acceptors (Lipinski definition) is 6. The van der Waals surface area contributed by atoms with Gasteiger partial charge in [0.15, 0.2) is 0 Å². The van der Waals surface area contributed by atoms with Crippen molar-refractivity contribution in [1.29, 1.82) is 0 Å². The molecule has 1 amide bonds. The zero-order chi connectivity index (χ0) is 26.4. The van der Waals surface area contributed by atoms with Crippen LogP contribution in [-0.2, 0) is 39.1 Å². The minimum absolute atomic E-state index is 0.00856. The largest absolute Gasteiger partial charge is 0.381 e. The molecule has 8 nitrogen and oxygen atoms in total. The molecule has 0 aliphatic carbocycles. The summed E-state index contributed by atoms with van der Waals surface area (Å²) in [4.78, 5) is 19.5. The van der Waals surface area contributed by atoms with Gasteiger partial charge in [-0.25, -0.2) is 9.37 Å². The second kappa shape index (κ2) is 12.0. The van der Waals surface area contributed by atoms with E-state index in [4.69, 9.17) is 8.92 Å². The van der Waals surface area contributed by atoms with E-state index in [-0.39, 0.29) is 24.4 Å². The second-order valence-corrected chi connectivity index (χ2v) is 11.0. The number of halogens is 1. The van der Waals surface area contributed by atoms with Crippen molar-refractivity contribution in [2.45, 2.75) is 38.3 Å². The van der Waals surface area contributed by atoms with Crippen molar-refractivity contribution in [3.63, 3.8) is 0 Å². The van der Waals surface area contributed by atoms with E-state index in [1.165, 1.54) is 6.07 Å². The molecule has 10 heteroatoms. The number of carbonyl (C=O) groups is 1. The quantitative estimate of drug-likeness (QED) is 0.292. The lowest BCUT2D eigenvalue weighted by molar-refractivity contribution is 0.0264. The van der Waals surface area contributed by atoms with Gasteiger partial charge in [-0.1, -0.05) is 30.3 Å². The van der Waals surface area contributed by atoms with E-state index in [1.807, 2.05) is 36.2 Å². The van der Waals surface area contributed by atoms with Gasteiger partial charge in [0.25, 0.3) is 16.0 Å². The van der Waals surface area contributed by atoms with E-state index in [1.54, 1.807) is 29.2 Å². The third kappa shape index (κ3) is 7.47. The van der Waals surface area contributed by atoms with Crippen LogP contribution in [0.2, 0.25) is 0 Å². The fourth-order valence-electron chi connectivity index (χ4n) is 4.50. The molecule has 1 aliphatic heterocycles. The lowest BCUT2D eigenvalue weighted by Crippen LogP contribution is -2.43. The molecule has 1 aliphatic rings. The van der Waals surface area contributed by atoms with Crippen LogP contribution in [0.4, 0.5) is 4.39 Å². The fraction of sp³-hybridized carbons (Fsp3) is 0.407. The smallest absolute Gasteiger partial charge is 0.274 e. The Hall–Kier alpha value is -3.08. The molecule has 0 N–H and O–H groups in total. The van der Waals surface area contributed by atoms with Crippen LogP contribution in [0.1, 0.15) is 40.9 Å². The van der Waals surface area contributed by atoms with Crippen LogP contribution in [0.25, 0.3) is 11.1 Å². The molecule has 0 spiro atoms.